The lowest BCUT2D eigenvalue weighted by molar-refractivity contribution is 0.140. The average molecular weight is 302 g/mol. The number of aromatic nitrogens is 2. The summed E-state index contributed by atoms with van der Waals surface area (Å²) in [5.74, 6) is 0.477. The molecule has 1 aliphatic heterocycles. The van der Waals surface area contributed by atoms with Gasteiger partial charge in [-0.3, -0.25) is 4.79 Å². The molecule has 2 heterocycles. The van der Waals surface area contributed by atoms with Crippen molar-refractivity contribution in [1.82, 2.24) is 14.9 Å². The summed E-state index contributed by atoms with van der Waals surface area (Å²) < 4.78 is 5.53. The predicted molar refractivity (Wildman–Crippen MR) is 77.9 cm³/mol. The van der Waals surface area contributed by atoms with Gasteiger partial charge >= 0.3 is 6.09 Å². The SMILES string of the molecule is Nc1c(Oc2ccc3c(c2)CN(C(=O)O)CC3)nc[nH]c1=O. The van der Waals surface area contributed by atoms with E-state index in [9.17, 15) is 9.59 Å². The maximum absolute atomic E-state index is 11.4. The Balaban J connectivity index is 1.87. The van der Waals surface area contributed by atoms with E-state index in [1.807, 2.05) is 6.07 Å². The van der Waals surface area contributed by atoms with E-state index in [4.69, 9.17) is 15.6 Å². The molecule has 1 amide bonds. The molecule has 8 nitrogen and oxygen atoms in total. The highest BCUT2D eigenvalue weighted by atomic mass is 16.5. The minimum atomic E-state index is -0.947. The molecule has 1 aliphatic rings. The number of amides is 1. The molecule has 1 aromatic heterocycles. The summed E-state index contributed by atoms with van der Waals surface area (Å²) in [6.07, 6.45) is 0.920. The number of aromatic amines is 1. The van der Waals surface area contributed by atoms with E-state index in [1.165, 1.54) is 11.2 Å². The van der Waals surface area contributed by atoms with Gasteiger partial charge in [-0.25, -0.2) is 9.78 Å². The van der Waals surface area contributed by atoms with Gasteiger partial charge in [0, 0.05) is 13.1 Å². The molecule has 0 radical (unpaired) electrons. The average Bonchev–Trinajstić information content (AvgIpc) is 2.51. The molecule has 0 spiro atoms. The second kappa shape index (κ2) is 5.40. The number of nitrogens with two attached hydrogens (primary N) is 1. The van der Waals surface area contributed by atoms with Crippen molar-refractivity contribution in [1.29, 1.82) is 0 Å². The van der Waals surface area contributed by atoms with E-state index in [1.54, 1.807) is 12.1 Å². The third-order valence-electron chi connectivity index (χ3n) is 3.53. The maximum Gasteiger partial charge on any atom is 0.407 e. The summed E-state index contributed by atoms with van der Waals surface area (Å²) in [4.78, 5) is 30.0. The van der Waals surface area contributed by atoms with Crippen molar-refractivity contribution in [3.63, 3.8) is 0 Å². The van der Waals surface area contributed by atoms with E-state index in [2.05, 4.69) is 9.97 Å². The standard InChI is InChI=1S/C14H14N4O4/c15-11-12(19)16-7-17-13(11)22-10-2-1-8-3-4-18(14(20)21)6-9(8)5-10/h1-2,5,7H,3-4,6,15H2,(H,20,21)(H,16,17,19). The van der Waals surface area contributed by atoms with Crippen molar-refractivity contribution >= 4 is 11.8 Å². The van der Waals surface area contributed by atoms with Crippen LogP contribution in [-0.4, -0.2) is 32.6 Å². The van der Waals surface area contributed by atoms with Crippen molar-refractivity contribution in [2.24, 2.45) is 0 Å². The monoisotopic (exact) mass is 302 g/mol. The Kier molecular flexibility index (Phi) is 3.42. The number of benzene rings is 1. The largest absolute Gasteiger partial charge is 0.465 e. The molecule has 1 aromatic carbocycles. The fourth-order valence-electron chi connectivity index (χ4n) is 2.35. The Morgan fingerprint density at radius 2 is 2.23 bits per heavy atom. The fourth-order valence-corrected chi connectivity index (χ4v) is 2.35. The number of carbonyl (C=O) groups is 1. The zero-order valence-electron chi connectivity index (χ0n) is 11.6. The van der Waals surface area contributed by atoms with Crippen LogP contribution in [0.1, 0.15) is 11.1 Å². The molecule has 114 valence electrons. The van der Waals surface area contributed by atoms with Crippen LogP contribution in [0.5, 0.6) is 11.6 Å². The van der Waals surface area contributed by atoms with E-state index >= 15 is 0 Å². The zero-order chi connectivity index (χ0) is 15.7. The number of H-pyrrole nitrogens is 1. The van der Waals surface area contributed by atoms with Crippen molar-refractivity contribution in [3.05, 3.63) is 46.0 Å². The van der Waals surface area contributed by atoms with Crippen molar-refractivity contribution in [3.8, 4) is 11.6 Å². The zero-order valence-corrected chi connectivity index (χ0v) is 11.6. The minimum absolute atomic E-state index is 0.0228. The molecular weight excluding hydrogens is 288 g/mol. The number of nitrogen functional groups attached to an aromatic ring is 1. The highest BCUT2D eigenvalue weighted by molar-refractivity contribution is 5.65. The Hall–Kier alpha value is -3.03. The summed E-state index contributed by atoms with van der Waals surface area (Å²) in [6.45, 7) is 0.783. The van der Waals surface area contributed by atoms with Gasteiger partial charge in [0.25, 0.3) is 5.56 Å². The van der Waals surface area contributed by atoms with Gasteiger partial charge in [0.2, 0.25) is 5.88 Å². The smallest absolute Gasteiger partial charge is 0.407 e. The van der Waals surface area contributed by atoms with Gasteiger partial charge in [0.1, 0.15) is 5.75 Å². The molecule has 0 fully saturated rings. The van der Waals surface area contributed by atoms with E-state index in [0.29, 0.717) is 25.3 Å². The van der Waals surface area contributed by atoms with Gasteiger partial charge in [-0.1, -0.05) is 6.07 Å². The summed E-state index contributed by atoms with van der Waals surface area (Å²) in [7, 11) is 0. The molecule has 0 saturated carbocycles. The van der Waals surface area contributed by atoms with Crippen LogP contribution in [0, 0.1) is 0 Å². The minimum Gasteiger partial charge on any atom is -0.465 e. The van der Waals surface area contributed by atoms with Crippen molar-refractivity contribution in [2.75, 3.05) is 12.3 Å². The first kappa shape index (κ1) is 13.9. The fraction of sp³-hybridized carbons (Fsp3) is 0.214. The highest BCUT2D eigenvalue weighted by Crippen LogP contribution is 2.27. The Bertz CT molecular complexity index is 787. The molecule has 22 heavy (non-hydrogen) atoms. The topological polar surface area (TPSA) is 122 Å². The number of anilines is 1. The first-order valence-electron chi connectivity index (χ1n) is 6.65. The Morgan fingerprint density at radius 1 is 1.41 bits per heavy atom. The highest BCUT2D eigenvalue weighted by Gasteiger charge is 2.20. The second-order valence-electron chi connectivity index (χ2n) is 4.94. The van der Waals surface area contributed by atoms with Gasteiger partial charge in [0.15, 0.2) is 5.69 Å². The number of nitrogens with zero attached hydrogens (tertiary/aromatic N) is 2. The number of hydrogen-bond donors (Lipinski definition) is 3. The number of hydrogen-bond acceptors (Lipinski definition) is 5. The lowest BCUT2D eigenvalue weighted by Crippen LogP contribution is -2.34. The lowest BCUT2D eigenvalue weighted by atomic mass is 10.00. The third-order valence-corrected chi connectivity index (χ3v) is 3.53. The summed E-state index contributed by atoms with van der Waals surface area (Å²) >= 11 is 0. The molecule has 3 rings (SSSR count). The molecule has 8 heteroatoms. The number of nitrogens with one attached hydrogen (secondary N) is 1. The molecule has 0 aliphatic carbocycles. The van der Waals surface area contributed by atoms with Crippen LogP contribution in [0.3, 0.4) is 0 Å². The first-order chi connectivity index (χ1) is 10.5. The summed E-state index contributed by atoms with van der Waals surface area (Å²) in [5.41, 5.74) is 6.99. The molecule has 4 N–H and O–H groups in total. The summed E-state index contributed by atoms with van der Waals surface area (Å²) in [5, 5.41) is 9.07. The van der Waals surface area contributed by atoms with Gasteiger partial charge < -0.3 is 25.5 Å². The molecule has 2 aromatic rings. The Labute approximate surface area is 125 Å². The molecule has 0 unspecified atom stereocenters. The van der Waals surface area contributed by atoms with Gasteiger partial charge in [-0.2, -0.15) is 0 Å². The lowest BCUT2D eigenvalue weighted by Gasteiger charge is -2.26. The van der Waals surface area contributed by atoms with Crippen LogP contribution in [0.25, 0.3) is 0 Å². The van der Waals surface area contributed by atoms with Crippen LogP contribution in [0.4, 0.5) is 10.5 Å². The molecule has 0 bridgehead atoms. The van der Waals surface area contributed by atoms with Gasteiger partial charge in [-0.05, 0) is 29.7 Å². The summed E-state index contributed by atoms with van der Waals surface area (Å²) in [6, 6.07) is 5.37. The van der Waals surface area contributed by atoms with Crippen molar-refractivity contribution in [2.45, 2.75) is 13.0 Å². The van der Waals surface area contributed by atoms with E-state index < -0.39 is 11.7 Å². The molecular formula is C14H14N4O4. The van der Waals surface area contributed by atoms with E-state index in [0.717, 1.165) is 11.1 Å². The quantitative estimate of drug-likeness (QED) is 0.765. The number of rotatable bonds is 2. The van der Waals surface area contributed by atoms with Gasteiger partial charge in [-0.15, -0.1) is 0 Å². The van der Waals surface area contributed by atoms with Crippen LogP contribution in [0.2, 0.25) is 0 Å². The van der Waals surface area contributed by atoms with Crippen LogP contribution < -0.4 is 16.0 Å². The van der Waals surface area contributed by atoms with E-state index in [-0.39, 0.29) is 11.6 Å². The number of fused-ring (bicyclic) bond motifs is 1. The van der Waals surface area contributed by atoms with Crippen LogP contribution in [-0.2, 0) is 13.0 Å². The Morgan fingerprint density at radius 3 is 3.00 bits per heavy atom. The maximum atomic E-state index is 11.4. The van der Waals surface area contributed by atoms with Crippen LogP contribution >= 0.6 is 0 Å². The number of carboxylic acid groups (broad SMARTS) is 1. The van der Waals surface area contributed by atoms with Gasteiger partial charge in [0.05, 0.1) is 6.33 Å². The second-order valence-corrected chi connectivity index (χ2v) is 4.94. The normalized spacial score (nSPS) is 13.5. The predicted octanol–water partition coefficient (Wildman–Crippen LogP) is 1.18. The van der Waals surface area contributed by atoms with Crippen LogP contribution in [0.15, 0.2) is 29.3 Å². The van der Waals surface area contributed by atoms with Crippen molar-refractivity contribution < 1.29 is 14.6 Å². The number of ether oxygens (including phenoxy) is 1. The molecule has 0 atom stereocenters. The molecule has 0 saturated heterocycles. The first-order valence-corrected chi connectivity index (χ1v) is 6.65. The third kappa shape index (κ3) is 2.58.